The molecule has 5 rings (SSSR count). The van der Waals surface area contributed by atoms with E-state index in [1.807, 2.05) is 40.3 Å². The van der Waals surface area contributed by atoms with Crippen molar-refractivity contribution in [2.75, 3.05) is 49.2 Å². The second-order valence-corrected chi connectivity index (χ2v) is 10.9. The first kappa shape index (κ1) is 24.0. The Balaban J connectivity index is 1.20. The van der Waals surface area contributed by atoms with Crippen molar-refractivity contribution < 1.29 is 18.3 Å². The van der Waals surface area contributed by atoms with Gasteiger partial charge in [0.25, 0.3) is 0 Å². The summed E-state index contributed by atoms with van der Waals surface area (Å²) in [5.74, 6) is -0.0323. The molecule has 3 heterocycles. The number of amidine groups is 1. The third kappa shape index (κ3) is 5.27. The number of benzene rings is 2. The van der Waals surface area contributed by atoms with Gasteiger partial charge in [-0.25, -0.2) is 13.4 Å². The van der Waals surface area contributed by atoms with Crippen LogP contribution in [0, 0.1) is 0 Å². The fourth-order valence-electron chi connectivity index (χ4n) is 4.46. The SMILES string of the molecule is CS(=O)(=O)c1ccc(C2=CC=CC3=NC(Nc4ccc(N5CCN(CC(=O)O)CC5)cc4)NN23)cc1. The summed E-state index contributed by atoms with van der Waals surface area (Å²) in [6.45, 7) is 3.12. The molecular weight excluding hydrogens is 480 g/mol. The molecule has 0 spiro atoms. The number of anilines is 2. The Bertz CT molecular complexity index is 1330. The first-order chi connectivity index (χ1) is 17.3. The second-order valence-electron chi connectivity index (χ2n) is 8.91. The molecular formula is C25H28N6O4S. The minimum atomic E-state index is -3.25. The molecule has 1 fully saturated rings. The van der Waals surface area contributed by atoms with Gasteiger partial charge >= 0.3 is 5.97 Å². The fourth-order valence-corrected chi connectivity index (χ4v) is 5.09. The van der Waals surface area contributed by atoms with Crippen molar-refractivity contribution in [1.29, 1.82) is 0 Å². The van der Waals surface area contributed by atoms with Crippen LogP contribution in [-0.4, -0.2) is 80.5 Å². The van der Waals surface area contributed by atoms with Crippen molar-refractivity contribution in [3.05, 3.63) is 72.3 Å². The number of carboxylic acid groups (broad SMARTS) is 1. The van der Waals surface area contributed by atoms with Crippen molar-refractivity contribution in [3.63, 3.8) is 0 Å². The van der Waals surface area contributed by atoms with Gasteiger partial charge in [-0.1, -0.05) is 18.2 Å². The first-order valence-corrected chi connectivity index (χ1v) is 13.5. The highest BCUT2D eigenvalue weighted by atomic mass is 32.2. The molecule has 3 aliphatic heterocycles. The number of nitrogens with one attached hydrogen (secondary N) is 2. The van der Waals surface area contributed by atoms with Gasteiger partial charge in [0.05, 0.1) is 17.1 Å². The highest BCUT2D eigenvalue weighted by molar-refractivity contribution is 7.90. The highest BCUT2D eigenvalue weighted by Crippen LogP contribution is 2.27. The maximum absolute atomic E-state index is 11.8. The van der Waals surface area contributed by atoms with Crippen LogP contribution in [0.3, 0.4) is 0 Å². The van der Waals surface area contributed by atoms with Gasteiger partial charge in [0.1, 0.15) is 5.84 Å². The normalized spacial score (nSPS) is 20.1. The number of carboxylic acids is 1. The minimum Gasteiger partial charge on any atom is -0.480 e. The summed E-state index contributed by atoms with van der Waals surface area (Å²) in [6.07, 6.45) is 6.62. The maximum atomic E-state index is 11.8. The number of rotatable bonds is 7. The van der Waals surface area contributed by atoms with Crippen molar-refractivity contribution in [1.82, 2.24) is 15.3 Å². The summed E-state index contributed by atoms with van der Waals surface area (Å²) in [5.41, 5.74) is 7.11. The molecule has 0 saturated carbocycles. The number of fused-ring (bicyclic) bond motifs is 1. The molecule has 1 atom stereocenters. The van der Waals surface area contributed by atoms with Gasteiger partial charge in [0.2, 0.25) is 0 Å². The molecule has 2 aromatic carbocycles. The summed E-state index contributed by atoms with van der Waals surface area (Å²) in [6, 6.07) is 14.9. The van der Waals surface area contributed by atoms with E-state index in [0.29, 0.717) is 0 Å². The van der Waals surface area contributed by atoms with Gasteiger partial charge in [-0.15, -0.1) is 0 Å². The number of aliphatic carboxylic acids is 1. The van der Waals surface area contributed by atoms with Crippen molar-refractivity contribution in [3.8, 4) is 0 Å². The zero-order valence-corrected chi connectivity index (χ0v) is 20.6. The van der Waals surface area contributed by atoms with Gasteiger partial charge in [-0.05, 0) is 54.1 Å². The van der Waals surface area contributed by atoms with Crippen LogP contribution in [0.5, 0.6) is 0 Å². The Labute approximate surface area is 210 Å². The molecule has 3 N–H and O–H groups in total. The molecule has 0 radical (unpaired) electrons. The Morgan fingerprint density at radius 3 is 2.42 bits per heavy atom. The lowest BCUT2D eigenvalue weighted by molar-refractivity contribution is -0.138. The van der Waals surface area contributed by atoms with Gasteiger partial charge < -0.3 is 15.3 Å². The molecule has 0 amide bonds. The number of aliphatic imine (C=N–C) groups is 1. The van der Waals surface area contributed by atoms with Crippen molar-refractivity contribution in [2.45, 2.75) is 11.2 Å². The van der Waals surface area contributed by atoms with Crippen molar-refractivity contribution in [2.24, 2.45) is 4.99 Å². The van der Waals surface area contributed by atoms with Gasteiger partial charge in [0.15, 0.2) is 16.1 Å². The molecule has 2 aromatic rings. The summed E-state index contributed by atoms with van der Waals surface area (Å²) in [5, 5.41) is 14.2. The van der Waals surface area contributed by atoms with E-state index in [4.69, 9.17) is 10.1 Å². The Morgan fingerprint density at radius 2 is 1.78 bits per heavy atom. The molecule has 188 valence electrons. The van der Waals surface area contributed by atoms with Crippen LogP contribution >= 0.6 is 0 Å². The van der Waals surface area contributed by atoms with E-state index in [9.17, 15) is 13.2 Å². The van der Waals surface area contributed by atoms with Crippen LogP contribution in [0.1, 0.15) is 5.56 Å². The number of hydrazine groups is 1. The number of piperazine rings is 1. The smallest absolute Gasteiger partial charge is 0.317 e. The van der Waals surface area contributed by atoms with Crippen LogP contribution in [-0.2, 0) is 14.6 Å². The summed E-state index contributed by atoms with van der Waals surface area (Å²) >= 11 is 0. The predicted octanol–water partition coefficient (Wildman–Crippen LogP) is 1.82. The molecule has 1 saturated heterocycles. The second kappa shape index (κ2) is 9.76. The first-order valence-electron chi connectivity index (χ1n) is 11.6. The summed E-state index contributed by atoms with van der Waals surface area (Å²) in [4.78, 5) is 20.1. The zero-order valence-electron chi connectivity index (χ0n) is 19.8. The largest absolute Gasteiger partial charge is 0.480 e. The van der Waals surface area contributed by atoms with Crippen LogP contribution in [0.2, 0.25) is 0 Å². The average molecular weight is 509 g/mol. The Morgan fingerprint density at radius 1 is 1.08 bits per heavy atom. The molecule has 36 heavy (non-hydrogen) atoms. The Hall–Kier alpha value is -3.67. The van der Waals surface area contributed by atoms with E-state index < -0.39 is 15.8 Å². The maximum Gasteiger partial charge on any atom is 0.317 e. The van der Waals surface area contributed by atoms with Gasteiger partial charge in [-0.3, -0.25) is 14.7 Å². The fraction of sp³-hybridized carbons (Fsp3) is 0.280. The average Bonchev–Trinajstić information content (AvgIpc) is 3.27. The highest BCUT2D eigenvalue weighted by Gasteiger charge is 2.28. The third-order valence-corrected chi connectivity index (χ3v) is 7.46. The summed E-state index contributed by atoms with van der Waals surface area (Å²) < 4.78 is 23.6. The predicted molar refractivity (Wildman–Crippen MR) is 139 cm³/mol. The van der Waals surface area contributed by atoms with Crippen LogP contribution in [0.4, 0.5) is 11.4 Å². The van der Waals surface area contributed by atoms with E-state index >= 15 is 0 Å². The standard InChI is InChI=1S/C25H28N6O4S/c1-36(34,35)21-11-5-18(6-12-21)22-3-2-4-23-27-25(28-31(22)23)26-19-7-9-20(10-8-19)30-15-13-29(14-16-30)17-24(32)33/h2-12,25-26,28H,13-17H2,1H3,(H,32,33). The number of hydrogen-bond acceptors (Lipinski definition) is 9. The number of nitrogens with zero attached hydrogens (tertiary/aromatic N) is 4. The molecule has 0 aliphatic carbocycles. The molecule has 10 nitrogen and oxygen atoms in total. The quantitative estimate of drug-likeness (QED) is 0.515. The lowest BCUT2D eigenvalue weighted by atomic mass is 10.1. The van der Waals surface area contributed by atoms with E-state index in [1.54, 1.807) is 24.3 Å². The van der Waals surface area contributed by atoms with Gasteiger partial charge in [0, 0.05) is 43.8 Å². The van der Waals surface area contributed by atoms with E-state index in [1.165, 1.54) is 6.26 Å². The van der Waals surface area contributed by atoms with E-state index in [2.05, 4.69) is 27.8 Å². The lowest BCUT2D eigenvalue weighted by Crippen LogP contribution is -2.48. The molecule has 3 aliphatic rings. The molecule has 0 bridgehead atoms. The van der Waals surface area contributed by atoms with E-state index in [-0.39, 0.29) is 17.7 Å². The van der Waals surface area contributed by atoms with Crippen LogP contribution in [0.25, 0.3) is 5.70 Å². The van der Waals surface area contributed by atoms with Gasteiger partial charge in [-0.2, -0.15) is 5.43 Å². The van der Waals surface area contributed by atoms with Crippen LogP contribution in [0.15, 0.2) is 76.6 Å². The van der Waals surface area contributed by atoms with E-state index in [0.717, 1.165) is 54.6 Å². The number of carbonyl (C=O) groups is 1. The monoisotopic (exact) mass is 508 g/mol. The lowest BCUT2D eigenvalue weighted by Gasteiger charge is -2.35. The third-order valence-electron chi connectivity index (χ3n) is 6.33. The van der Waals surface area contributed by atoms with Crippen LogP contribution < -0.4 is 15.6 Å². The summed E-state index contributed by atoms with van der Waals surface area (Å²) in [7, 11) is -3.25. The minimum absolute atomic E-state index is 0.0860. The zero-order chi connectivity index (χ0) is 25.3. The topological polar surface area (TPSA) is 118 Å². The molecule has 0 aromatic heterocycles. The Kier molecular flexibility index (Phi) is 6.52. The number of allylic oxidation sites excluding steroid dienone is 2. The molecule has 11 heteroatoms. The van der Waals surface area contributed by atoms with Crippen molar-refractivity contribution >= 4 is 38.7 Å². The number of sulfone groups is 1. The number of hydrogen-bond donors (Lipinski definition) is 3. The molecule has 1 unspecified atom stereocenters.